The second kappa shape index (κ2) is 5.96. The van der Waals surface area contributed by atoms with E-state index < -0.39 is 19.7 Å². The second-order valence-corrected chi connectivity index (χ2v) is 8.39. The van der Waals surface area contributed by atoms with Crippen LogP contribution in [0.1, 0.15) is 24.8 Å². The van der Waals surface area contributed by atoms with Crippen LogP contribution in [0.4, 0.5) is 8.78 Å². The minimum Gasteiger partial charge on any atom is -0.204 e. The van der Waals surface area contributed by atoms with Crippen molar-refractivity contribution >= 4 is 19.2 Å². The fourth-order valence-corrected chi connectivity index (χ4v) is 4.69. The summed E-state index contributed by atoms with van der Waals surface area (Å²) < 4.78 is 25.8. The van der Waals surface area contributed by atoms with Crippen LogP contribution in [0.5, 0.6) is 0 Å². The van der Waals surface area contributed by atoms with Gasteiger partial charge in [-0.3, -0.25) is 0 Å². The van der Waals surface area contributed by atoms with Gasteiger partial charge in [-0.05, 0) is 48.5 Å². The predicted octanol–water partition coefficient (Wildman–Crippen LogP) is 4.54. The highest BCUT2D eigenvalue weighted by Crippen LogP contribution is 2.30. The molecule has 4 heteroatoms. The predicted molar refractivity (Wildman–Crippen MR) is 68.6 cm³/mol. The first-order valence-corrected chi connectivity index (χ1v) is 9.02. The van der Waals surface area contributed by atoms with Gasteiger partial charge < -0.3 is 0 Å². The lowest BCUT2D eigenvalue weighted by Gasteiger charge is -2.23. The van der Waals surface area contributed by atoms with Crippen molar-refractivity contribution in [2.75, 3.05) is 0 Å². The summed E-state index contributed by atoms with van der Waals surface area (Å²) in [6.07, 6.45) is 4.33. The van der Waals surface area contributed by atoms with Crippen molar-refractivity contribution in [3.8, 4) is 0 Å². The summed E-state index contributed by atoms with van der Waals surface area (Å²) in [5, 5.41) is 0. The standard InChI is InChI=1S/C13H16ClF2Si/c14-17-7-5-10(6-8-17)1-2-11-3-4-12(15)13(16)9-11/h3-4,9-10H,1-2,5-8H2. The molecule has 0 spiro atoms. The zero-order valence-electron chi connectivity index (χ0n) is 9.69. The van der Waals surface area contributed by atoms with Crippen molar-refractivity contribution in [2.24, 2.45) is 5.92 Å². The van der Waals surface area contributed by atoms with Gasteiger partial charge in [0.15, 0.2) is 19.7 Å². The average Bonchev–Trinajstić information content (AvgIpc) is 2.33. The van der Waals surface area contributed by atoms with Crippen LogP contribution < -0.4 is 0 Å². The fraction of sp³-hybridized carbons (Fsp3) is 0.538. The summed E-state index contributed by atoms with van der Waals surface area (Å²) in [5.41, 5.74) is 0.894. The molecule has 1 saturated heterocycles. The maximum atomic E-state index is 13.0. The Morgan fingerprint density at radius 1 is 1.18 bits per heavy atom. The van der Waals surface area contributed by atoms with Crippen LogP contribution >= 0.6 is 11.1 Å². The van der Waals surface area contributed by atoms with Gasteiger partial charge in [0, 0.05) is 0 Å². The summed E-state index contributed by atoms with van der Waals surface area (Å²) in [7, 11) is -0.557. The number of hydrogen-bond acceptors (Lipinski definition) is 0. The monoisotopic (exact) mass is 273 g/mol. The first-order chi connectivity index (χ1) is 8.15. The molecule has 1 aromatic rings. The molecule has 0 saturated carbocycles. The van der Waals surface area contributed by atoms with Crippen molar-refractivity contribution in [2.45, 2.75) is 37.8 Å². The highest BCUT2D eigenvalue weighted by molar-refractivity contribution is 7.07. The third-order valence-electron chi connectivity index (χ3n) is 3.47. The Balaban J connectivity index is 1.83. The molecular formula is C13H16ClF2Si. The molecule has 0 amide bonds. The number of benzene rings is 1. The van der Waals surface area contributed by atoms with E-state index in [1.807, 2.05) is 0 Å². The molecule has 1 aromatic carbocycles. The topological polar surface area (TPSA) is 0 Å². The second-order valence-electron chi connectivity index (χ2n) is 4.75. The van der Waals surface area contributed by atoms with Crippen LogP contribution in [0.25, 0.3) is 0 Å². The lowest BCUT2D eigenvalue weighted by atomic mass is 9.94. The minimum atomic E-state index is -0.763. The first-order valence-electron chi connectivity index (χ1n) is 6.09. The molecule has 0 aromatic heterocycles. The molecule has 17 heavy (non-hydrogen) atoms. The molecule has 1 aliphatic heterocycles. The quantitative estimate of drug-likeness (QED) is 0.560. The molecule has 0 atom stereocenters. The third-order valence-corrected chi connectivity index (χ3v) is 6.27. The van der Waals surface area contributed by atoms with Gasteiger partial charge in [0.25, 0.3) is 0 Å². The maximum Gasteiger partial charge on any atom is 0.165 e. The lowest BCUT2D eigenvalue weighted by Crippen LogP contribution is -2.16. The fourth-order valence-electron chi connectivity index (χ4n) is 2.35. The van der Waals surface area contributed by atoms with Gasteiger partial charge >= 0.3 is 0 Å². The Hall–Kier alpha value is -0.413. The average molecular weight is 274 g/mol. The Labute approximate surface area is 107 Å². The normalized spacial score (nSPS) is 18.5. The van der Waals surface area contributed by atoms with Gasteiger partial charge in [-0.25, -0.2) is 8.78 Å². The van der Waals surface area contributed by atoms with Crippen LogP contribution in [-0.4, -0.2) is 8.11 Å². The van der Waals surface area contributed by atoms with E-state index in [0.717, 1.165) is 24.3 Å². The molecule has 1 radical (unpaired) electrons. The number of hydrogen-bond donors (Lipinski definition) is 0. The van der Waals surface area contributed by atoms with Gasteiger partial charge in [-0.2, -0.15) is 11.1 Å². The molecule has 1 fully saturated rings. The van der Waals surface area contributed by atoms with Crippen LogP contribution in [0.2, 0.25) is 12.1 Å². The zero-order valence-corrected chi connectivity index (χ0v) is 11.4. The Morgan fingerprint density at radius 2 is 1.88 bits per heavy atom. The summed E-state index contributed by atoms with van der Waals surface area (Å²) in [5.74, 6) is -0.784. The van der Waals surface area contributed by atoms with Crippen LogP contribution in [0.15, 0.2) is 18.2 Å². The lowest BCUT2D eigenvalue weighted by molar-refractivity contribution is 0.439. The van der Waals surface area contributed by atoms with E-state index in [9.17, 15) is 8.78 Å². The highest BCUT2D eigenvalue weighted by atomic mass is 35.6. The van der Waals surface area contributed by atoms with E-state index in [1.54, 1.807) is 6.07 Å². The summed E-state index contributed by atoms with van der Waals surface area (Å²) in [6, 6.07) is 6.58. The molecule has 0 N–H and O–H groups in total. The number of halogens is 3. The maximum absolute atomic E-state index is 13.0. The molecule has 0 unspecified atom stereocenters. The summed E-state index contributed by atoms with van der Waals surface area (Å²) in [4.78, 5) is 0. The zero-order chi connectivity index (χ0) is 12.3. The molecule has 93 valence electrons. The molecule has 0 nitrogen and oxygen atoms in total. The van der Waals surface area contributed by atoms with E-state index >= 15 is 0 Å². The first kappa shape index (κ1) is 13.0. The summed E-state index contributed by atoms with van der Waals surface area (Å²) in [6.45, 7) is 0. The number of rotatable bonds is 3. The van der Waals surface area contributed by atoms with E-state index in [4.69, 9.17) is 11.1 Å². The summed E-state index contributed by atoms with van der Waals surface area (Å²) >= 11 is 6.15. The van der Waals surface area contributed by atoms with Crippen molar-refractivity contribution in [3.05, 3.63) is 35.4 Å². The molecule has 2 rings (SSSR count). The van der Waals surface area contributed by atoms with Crippen LogP contribution in [0, 0.1) is 17.6 Å². The van der Waals surface area contributed by atoms with E-state index in [2.05, 4.69) is 0 Å². The van der Waals surface area contributed by atoms with Crippen molar-refractivity contribution in [1.29, 1.82) is 0 Å². The Bertz CT molecular complexity index is 376. The Morgan fingerprint density at radius 3 is 2.53 bits per heavy atom. The molecule has 1 aliphatic rings. The molecule has 1 heterocycles. The molecular weight excluding hydrogens is 258 g/mol. The largest absolute Gasteiger partial charge is 0.204 e. The minimum absolute atomic E-state index is 0.557. The van der Waals surface area contributed by atoms with Crippen molar-refractivity contribution in [3.63, 3.8) is 0 Å². The molecule has 0 bridgehead atoms. The van der Waals surface area contributed by atoms with Gasteiger partial charge in [0.1, 0.15) is 0 Å². The number of aryl methyl sites for hydroxylation is 1. The van der Waals surface area contributed by atoms with Gasteiger partial charge in [0.05, 0.1) is 0 Å². The van der Waals surface area contributed by atoms with Gasteiger partial charge in [0.2, 0.25) is 0 Å². The van der Waals surface area contributed by atoms with E-state index in [1.165, 1.54) is 37.1 Å². The van der Waals surface area contributed by atoms with Crippen molar-refractivity contribution < 1.29 is 8.78 Å². The third kappa shape index (κ3) is 3.78. The smallest absolute Gasteiger partial charge is 0.165 e. The van der Waals surface area contributed by atoms with Gasteiger partial charge in [-0.15, -0.1) is 0 Å². The molecule has 0 aliphatic carbocycles. The highest BCUT2D eigenvalue weighted by Gasteiger charge is 2.20. The van der Waals surface area contributed by atoms with Crippen LogP contribution in [0.3, 0.4) is 0 Å². The van der Waals surface area contributed by atoms with E-state index in [0.29, 0.717) is 0 Å². The van der Waals surface area contributed by atoms with E-state index in [-0.39, 0.29) is 0 Å². The Kier molecular flexibility index (Phi) is 4.57. The van der Waals surface area contributed by atoms with Gasteiger partial charge in [-0.1, -0.05) is 18.9 Å². The van der Waals surface area contributed by atoms with Crippen LogP contribution in [-0.2, 0) is 6.42 Å². The van der Waals surface area contributed by atoms with Crippen molar-refractivity contribution in [1.82, 2.24) is 0 Å². The SMILES string of the molecule is Fc1ccc(CCC2CC[Si](Cl)CC2)cc1F.